The SMILES string of the molecule is O=C1NCCCN(C2CCCC2)C1CCO. The predicted molar refractivity (Wildman–Crippen MR) is 62.1 cm³/mol. The topological polar surface area (TPSA) is 52.6 Å². The van der Waals surface area contributed by atoms with E-state index in [-0.39, 0.29) is 18.6 Å². The van der Waals surface area contributed by atoms with Gasteiger partial charge in [-0.05, 0) is 25.7 Å². The molecule has 1 saturated carbocycles. The first-order chi connectivity index (χ1) is 7.83. The van der Waals surface area contributed by atoms with Crippen molar-refractivity contribution in [1.82, 2.24) is 10.2 Å². The largest absolute Gasteiger partial charge is 0.396 e. The van der Waals surface area contributed by atoms with E-state index >= 15 is 0 Å². The molecular formula is C12H22N2O2. The van der Waals surface area contributed by atoms with Gasteiger partial charge in [-0.15, -0.1) is 0 Å². The number of amides is 1. The molecule has 0 spiro atoms. The summed E-state index contributed by atoms with van der Waals surface area (Å²) in [5.41, 5.74) is 0. The van der Waals surface area contributed by atoms with Crippen molar-refractivity contribution in [3.8, 4) is 0 Å². The number of hydrogen-bond acceptors (Lipinski definition) is 3. The highest BCUT2D eigenvalue weighted by Gasteiger charge is 2.33. The van der Waals surface area contributed by atoms with Gasteiger partial charge >= 0.3 is 0 Å². The third kappa shape index (κ3) is 2.55. The van der Waals surface area contributed by atoms with Crippen molar-refractivity contribution in [3.05, 3.63) is 0 Å². The van der Waals surface area contributed by atoms with Crippen molar-refractivity contribution in [2.75, 3.05) is 19.7 Å². The Morgan fingerprint density at radius 2 is 2.06 bits per heavy atom. The zero-order chi connectivity index (χ0) is 11.4. The van der Waals surface area contributed by atoms with Crippen molar-refractivity contribution < 1.29 is 9.90 Å². The summed E-state index contributed by atoms with van der Waals surface area (Å²) in [4.78, 5) is 14.2. The van der Waals surface area contributed by atoms with Gasteiger partial charge in [0.1, 0.15) is 0 Å². The quantitative estimate of drug-likeness (QED) is 0.737. The molecule has 1 heterocycles. The van der Waals surface area contributed by atoms with Crippen molar-refractivity contribution in [2.24, 2.45) is 0 Å². The molecule has 4 heteroatoms. The van der Waals surface area contributed by atoms with E-state index in [0.717, 1.165) is 19.5 Å². The molecule has 92 valence electrons. The summed E-state index contributed by atoms with van der Waals surface area (Å²) in [6.45, 7) is 1.87. The van der Waals surface area contributed by atoms with Crippen LogP contribution in [0.4, 0.5) is 0 Å². The molecule has 0 aromatic carbocycles. The average molecular weight is 226 g/mol. The number of hydrogen-bond donors (Lipinski definition) is 2. The molecule has 2 fully saturated rings. The third-order valence-corrected chi connectivity index (χ3v) is 3.79. The van der Waals surface area contributed by atoms with Crippen LogP contribution in [0.25, 0.3) is 0 Å². The highest BCUT2D eigenvalue weighted by molar-refractivity contribution is 5.82. The van der Waals surface area contributed by atoms with Crippen LogP contribution in [0.2, 0.25) is 0 Å². The van der Waals surface area contributed by atoms with Gasteiger partial charge in [0.2, 0.25) is 5.91 Å². The van der Waals surface area contributed by atoms with E-state index in [1.807, 2.05) is 0 Å². The monoisotopic (exact) mass is 226 g/mol. The number of carbonyl (C=O) groups excluding carboxylic acids is 1. The summed E-state index contributed by atoms with van der Waals surface area (Å²) in [6, 6.07) is 0.469. The summed E-state index contributed by atoms with van der Waals surface area (Å²) < 4.78 is 0. The van der Waals surface area contributed by atoms with Crippen molar-refractivity contribution >= 4 is 5.91 Å². The minimum atomic E-state index is -0.101. The second-order valence-electron chi connectivity index (χ2n) is 4.85. The number of nitrogens with one attached hydrogen (secondary N) is 1. The fourth-order valence-electron chi connectivity index (χ4n) is 2.99. The van der Waals surface area contributed by atoms with Gasteiger partial charge < -0.3 is 10.4 Å². The van der Waals surface area contributed by atoms with Crippen LogP contribution in [0.5, 0.6) is 0 Å². The van der Waals surface area contributed by atoms with Crippen LogP contribution >= 0.6 is 0 Å². The zero-order valence-electron chi connectivity index (χ0n) is 9.82. The first-order valence-corrected chi connectivity index (χ1v) is 6.47. The van der Waals surface area contributed by atoms with Crippen LogP contribution in [0.3, 0.4) is 0 Å². The summed E-state index contributed by atoms with van der Waals surface area (Å²) in [5, 5.41) is 12.0. The zero-order valence-corrected chi connectivity index (χ0v) is 9.82. The molecule has 2 N–H and O–H groups in total. The highest BCUT2D eigenvalue weighted by Crippen LogP contribution is 2.26. The summed E-state index contributed by atoms with van der Waals surface area (Å²) in [7, 11) is 0. The lowest BCUT2D eigenvalue weighted by atomic mass is 10.1. The Labute approximate surface area is 97.0 Å². The van der Waals surface area contributed by atoms with Gasteiger partial charge in [-0.3, -0.25) is 9.69 Å². The van der Waals surface area contributed by atoms with E-state index in [9.17, 15) is 4.79 Å². The number of carbonyl (C=O) groups is 1. The summed E-state index contributed by atoms with van der Waals surface area (Å²) >= 11 is 0. The van der Waals surface area contributed by atoms with Crippen LogP contribution in [0, 0.1) is 0 Å². The van der Waals surface area contributed by atoms with Crippen molar-refractivity contribution in [2.45, 2.75) is 50.6 Å². The van der Waals surface area contributed by atoms with Gasteiger partial charge in [-0.2, -0.15) is 0 Å². The second kappa shape index (κ2) is 5.64. The maximum absolute atomic E-state index is 11.9. The summed E-state index contributed by atoms with van der Waals surface area (Å²) in [5.74, 6) is 0.110. The molecule has 1 atom stereocenters. The van der Waals surface area contributed by atoms with E-state index in [2.05, 4.69) is 10.2 Å². The Balaban J connectivity index is 2.06. The fraction of sp³-hybridized carbons (Fsp3) is 0.917. The minimum Gasteiger partial charge on any atom is -0.396 e. The lowest BCUT2D eigenvalue weighted by Crippen LogP contribution is -2.48. The van der Waals surface area contributed by atoms with Crippen molar-refractivity contribution in [1.29, 1.82) is 0 Å². The Hall–Kier alpha value is -0.610. The van der Waals surface area contributed by atoms with E-state index in [4.69, 9.17) is 5.11 Å². The molecule has 2 rings (SSSR count). The number of rotatable bonds is 3. The molecule has 1 aliphatic carbocycles. The molecule has 0 aromatic rings. The first kappa shape index (κ1) is 11.9. The van der Waals surface area contributed by atoms with Crippen LogP contribution in [-0.4, -0.2) is 47.7 Å². The van der Waals surface area contributed by atoms with Crippen LogP contribution < -0.4 is 5.32 Å². The van der Waals surface area contributed by atoms with Gasteiger partial charge in [0, 0.05) is 25.7 Å². The maximum atomic E-state index is 11.9. The van der Waals surface area contributed by atoms with Gasteiger partial charge in [0.05, 0.1) is 6.04 Å². The van der Waals surface area contributed by atoms with Gasteiger partial charge in [0.25, 0.3) is 0 Å². The molecular weight excluding hydrogens is 204 g/mol. The lowest BCUT2D eigenvalue weighted by Gasteiger charge is -2.33. The second-order valence-corrected chi connectivity index (χ2v) is 4.85. The smallest absolute Gasteiger partial charge is 0.237 e. The Morgan fingerprint density at radius 1 is 1.31 bits per heavy atom. The molecule has 1 unspecified atom stereocenters. The average Bonchev–Trinajstić information content (AvgIpc) is 2.74. The van der Waals surface area contributed by atoms with Crippen LogP contribution in [0.15, 0.2) is 0 Å². The Kier molecular flexibility index (Phi) is 4.18. The van der Waals surface area contributed by atoms with Crippen LogP contribution in [0.1, 0.15) is 38.5 Å². The lowest BCUT2D eigenvalue weighted by molar-refractivity contribution is -0.126. The molecule has 16 heavy (non-hydrogen) atoms. The molecule has 0 radical (unpaired) electrons. The van der Waals surface area contributed by atoms with Crippen molar-refractivity contribution in [3.63, 3.8) is 0 Å². The Morgan fingerprint density at radius 3 is 2.75 bits per heavy atom. The van der Waals surface area contributed by atoms with E-state index in [1.165, 1.54) is 25.7 Å². The molecule has 1 amide bonds. The first-order valence-electron chi connectivity index (χ1n) is 6.47. The van der Waals surface area contributed by atoms with E-state index < -0.39 is 0 Å². The highest BCUT2D eigenvalue weighted by atomic mass is 16.3. The normalized spacial score (nSPS) is 29.1. The number of aliphatic hydroxyl groups is 1. The molecule has 1 aliphatic heterocycles. The number of aliphatic hydroxyl groups excluding tert-OH is 1. The molecule has 0 aromatic heterocycles. The predicted octanol–water partition coefficient (Wildman–Crippen LogP) is 0.502. The fourth-order valence-corrected chi connectivity index (χ4v) is 2.99. The van der Waals surface area contributed by atoms with Gasteiger partial charge in [0.15, 0.2) is 0 Å². The van der Waals surface area contributed by atoms with E-state index in [1.54, 1.807) is 0 Å². The maximum Gasteiger partial charge on any atom is 0.237 e. The molecule has 2 aliphatic rings. The third-order valence-electron chi connectivity index (χ3n) is 3.79. The minimum absolute atomic E-state index is 0.0985. The van der Waals surface area contributed by atoms with E-state index in [0.29, 0.717) is 12.5 Å². The summed E-state index contributed by atoms with van der Waals surface area (Å²) in [6.07, 6.45) is 6.61. The molecule has 4 nitrogen and oxygen atoms in total. The standard InChI is InChI=1S/C12H22N2O2/c15-9-6-11-12(16)13-7-3-8-14(11)10-4-1-2-5-10/h10-11,15H,1-9H2,(H,13,16). The molecule has 1 saturated heterocycles. The van der Waals surface area contributed by atoms with Crippen LogP contribution in [-0.2, 0) is 4.79 Å². The van der Waals surface area contributed by atoms with Gasteiger partial charge in [-0.1, -0.05) is 12.8 Å². The number of nitrogens with zero attached hydrogens (tertiary/aromatic N) is 1. The Bertz CT molecular complexity index is 239. The van der Waals surface area contributed by atoms with Gasteiger partial charge in [-0.25, -0.2) is 0 Å². The molecule has 0 bridgehead atoms.